The molecule has 3 aromatic rings. The van der Waals surface area contributed by atoms with Crippen LogP contribution in [0.3, 0.4) is 0 Å². The summed E-state index contributed by atoms with van der Waals surface area (Å²) in [6.45, 7) is 2.02. The lowest BCUT2D eigenvalue weighted by atomic mass is 9.81. The third kappa shape index (κ3) is 4.45. The van der Waals surface area contributed by atoms with Gasteiger partial charge in [0.25, 0.3) is 0 Å². The number of hydrogen-bond acceptors (Lipinski definition) is 2. The van der Waals surface area contributed by atoms with E-state index in [-0.39, 0.29) is 18.1 Å². The summed E-state index contributed by atoms with van der Waals surface area (Å²) in [4.78, 5) is 10.9. The molecule has 3 heteroatoms. The van der Waals surface area contributed by atoms with E-state index in [4.69, 9.17) is 5.11 Å². The second-order valence-corrected chi connectivity index (χ2v) is 6.45. The van der Waals surface area contributed by atoms with Crippen molar-refractivity contribution < 1.29 is 15.0 Å². The van der Waals surface area contributed by atoms with Gasteiger partial charge in [0.05, 0.1) is 6.42 Å². The molecule has 3 rings (SSSR count). The molecule has 136 valence electrons. The maximum atomic E-state index is 10.9. The van der Waals surface area contributed by atoms with Crippen molar-refractivity contribution in [3.8, 4) is 5.75 Å². The number of aromatic hydroxyl groups is 1. The minimum atomic E-state index is -0.837. The standard InChI is InChI=1S/C24H22O3/c1-2-22(18-6-4-3-5-7-18)24(20-12-14-21(25)15-13-20)19-10-8-17(9-11-19)16-23(26)27/h2-15,24-25H,16H2,1H3,(H,26,27). The molecule has 0 aliphatic heterocycles. The second kappa shape index (κ2) is 8.37. The van der Waals surface area contributed by atoms with Crippen LogP contribution in [-0.2, 0) is 11.2 Å². The van der Waals surface area contributed by atoms with Crippen LogP contribution in [-0.4, -0.2) is 16.2 Å². The monoisotopic (exact) mass is 358 g/mol. The summed E-state index contributed by atoms with van der Waals surface area (Å²) in [5.41, 5.74) is 5.21. The molecule has 2 N–H and O–H groups in total. The predicted octanol–water partition coefficient (Wildman–Crippen LogP) is 5.25. The van der Waals surface area contributed by atoms with Gasteiger partial charge in [0.2, 0.25) is 0 Å². The van der Waals surface area contributed by atoms with E-state index in [1.807, 2.05) is 61.5 Å². The first kappa shape index (κ1) is 18.5. The largest absolute Gasteiger partial charge is 0.508 e. The zero-order valence-electron chi connectivity index (χ0n) is 15.2. The van der Waals surface area contributed by atoms with Crippen molar-refractivity contribution in [3.63, 3.8) is 0 Å². The molecule has 0 amide bonds. The average molecular weight is 358 g/mol. The Balaban J connectivity index is 2.07. The van der Waals surface area contributed by atoms with Gasteiger partial charge in [0, 0.05) is 5.92 Å². The van der Waals surface area contributed by atoms with Crippen LogP contribution in [0.25, 0.3) is 5.57 Å². The van der Waals surface area contributed by atoms with Crippen molar-refractivity contribution in [1.29, 1.82) is 0 Å². The molecule has 0 saturated heterocycles. The van der Waals surface area contributed by atoms with Crippen LogP contribution >= 0.6 is 0 Å². The molecule has 0 saturated carbocycles. The molecule has 0 fully saturated rings. The van der Waals surface area contributed by atoms with Crippen molar-refractivity contribution in [1.82, 2.24) is 0 Å². The van der Waals surface area contributed by atoms with Gasteiger partial charge >= 0.3 is 5.97 Å². The topological polar surface area (TPSA) is 57.5 Å². The van der Waals surface area contributed by atoms with Crippen LogP contribution < -0.4 is 0 Å². The Morgan fingerprint density at radius 3 is 1.96 bits per heavy atom. The summed E-state index contributed by atoms with van der Waals surface area (Å²) < 4.78 is 0. The molecule has 0 aliphatic carbocycles. The minimum Gasteiger partial charge on any atom is -0.508 e. The molecular weight excluding hydrogens is 336 g/mol. The number of carbonyl (C=O) groups is 1. The third-order valence-electron chi connectivity index (χ3n) is 4.62. The Hall–Kier alpha value is -3.33. The number of allylic oxidation sites excluding steroid dienone is 2. The van der Waals surface area contributed by atoms with E-state index >= 15 is 0 Å². The molecule has 0 bridgehead atoms. The Labute approximate surface area is 159 Å². The smallest absolute Gasteiger partial charge is 0.307 e. The fourth-order valence-corrected chi connectivity index (χ4v) is 3.35. The number of benzene rings is 3. The Kier molecular flexibility index (Phi) is 5.72. The summed E-state index contributed by atoms with van der Waals surface area (Å²) in [6, 6.07) is 25.2. The first-order valence-corrected chi connectivity index (χ1v) is 8.89. The normalized spacial score (nSPS) is 12.6. The van der Waals surface area contributed by atoms with Gasteiger partial charge in [0.1, 0.15) is 5.75 Å². The van der Waals surface area contributed by atoms with E-state index in [1.165, 1.54) is 0 Å². The molecule has 1 unspecified atom stereocenters. The van der Waals surface area contributed by atoms with Crippen molar-refractivity contribution in [3.05, 3.63) is 107 Å². The lowest BCUT2D eigenvalue weighted by Crippen LogP contribution is -2.06. The summed E-state index contributed by atoms with van der Waals surface area (Å²) in [5.74, 6) is -0.621. The number of carboxylic acid groups (broad SMARTS) is 1. The molecule has 0 spiro atoms. The minimum absolute atomic E-state index is 0.0132. The number of rotatable bonds is 6. The number of aliphatic carboxylic acids is 1. The molecule has 0 aromatic heterocycles. The maximum Gasteiger partial charge on any atom is 0.307 e. The highest BCUT2D eigenvalue weighted by Gasteiger charge is 2.20. The predicted molar refractivity (Wildman–Crippen MR) is 108 cm³/mol. The Morgan fingerprint density at radius 2 is 1.44 bits per heavy atom. The zero-order chi connectivity index (χ0) is 19.2. The molecule has 0 radical (unpaired) electrons. The number of hydrogen-bond donors (Lipinski definition) is 2. The first-order chi connectivity index (χ1) is 13.1. The van der Waals surface area contributed by atoms with Gasteiger partial charge in [-0.3, -0.25) is 4.79 Å². The summed E-state index contributed by atoms with van der Waals surface area (Å²) >= 11 is 0. The van der Waals surface area contributed by atoms with E-state index in [9.17, 15) is 9.90 Å². The van der Waals surface area contributed by atoms with Gasteiger partial charge in [-0.2, -0.15) is 0 Å². The fourth-order valence-electron chi connectivity index (χ4n) is 3.35. The average Bonchev–Trinajstić information content (AvgIpc) is 2.68. The van der Waals surface area contributed by atoms with Gasteiger partial charge in [-0.1, -0.05) is 72.8 Å². The molecule has 3 aromatic carbocycles. The van der Waals surface area contributed by atoms with Crippen LogP contribution in [0.15, 0.2) is 84.9 Å². The van der Waals surface area contributed by atoms with Gasteiger partial charge in [-0.25, -0.2) is 0 Å². The van der Waals surface area contributed by atoms with E-state index in [2.05, 4.69) is 18.2 Å². The second-order valence-electron chi connectivity index (χ2n) is 6.45. The summed E-state index contributed by atoms with van der Waals surface area (Å²) in [7, 11) is 0. The van der Waals surface area contributed by atoms with E-state index in [0.29, 0.717) is 0 Å². The molecule has 1 atom stereocenters. The van der Waals surface area contributed by atoms with Crippen molar-refractivity contribution in [2.75, 3.05) is 0 Å². The highest BCUT2D eigenvalue weighted by Crippen LogP contribution is 2.38. The number of carboxylic acids is 1. The molecule has 0 aliphatic rings. The fraction of sp³-hybridized carbons (Fsp3) is 0.125. The van der Waals surface area contributed by atoms with Crippen LogP contribution in [0, 0.1) is 0 Å². The van der Waals surface area contributed by atoms with E-state index < -0.39 is 5.97 Å². The lowest BCUT2D eigenvalue weighted by molar-refractivity contribution is -0.136. The molecule has 3 nitrogen and oxygen atoms in total. The van der Waals surface area contributed by atoms with Crippen LogP contribution in [0.5, 0.6) is 5.75 Å². The maximum absolute atomic E-state index is 10.9. The zero-order valence-corrected chi connectivity index (χ0v) is 15.2. The number of phenolic OH excluding ortho intramolecular Hbond substituents is 1. The molecule has 0 heterocycles. The summed E-state index contributed by atoms with van der Waals surface area (Å²) in [5, 5.41) is 18.7. The van der Waals surface area contributed by atoms with Gasteiger partial charge in [0.15, 0.2) is 0 Å². The van der Waals surface area contributed by atoms with Crippen molar-refractivity contribution in [2.45, 2.75) is 19.3 Å². The van der Waals surface area contributed by atoms with E-state index in [1.54, 1.807) is 12.1 Å². The lowest BCUT2D eigenvalue weighted by Gasteiger charge is -2.22. The van der Waals surface area contributed by atoms with Crippen LogP contribution in [0.2, 0.25) is 0 Å². The Bertz CT molecular complexity index is 924. The highest BCUT2D eigenvalue weighted by atomic mass is 16.4. The van der Waals surface area contributed by atoms with E-state index in [0.717, 1.165) is 27.8 Å². The van der Waals surface area contributed by atoms with Crippen LogP contribution in [0.4, 0.5) is 0 Å². The third-order valence-corrected chi connectivity index (χ3v) is 4.62. The number of phenols is 1. The van der Waals surface area contributed by atoms with Crippen molar-refractivity contribution >= 4 is 11.5 Å². The Morgan fingerprint density at radius 1 is 0.889 bits per heavy atom. The SMILES string of the molecule is CC=C(c1ccccc1)C(c1ccc(O)cc1)c1ccc(CC(=O)O)cc1. The molecular formula is C24H22O3. The first-order valence-electron chi connectivity index (χ1n) is 8.89. The van der Waals surface area contributed by atoms with Gasteiger partial charge < -0.3 is 10.2 Å². The summed E-state index contributed by atoms with van der Waals surface area (Å²) in [6.07, 6.45) is 2.12. The van der Waals surface area contributed by atoms with Gasteiger partial charge in [-0.15, -0.1) is 0 Å². The molecule has 27 heavy (non-hydrogen) atoms. The van der Waals surface area contributed by atoms with Crippen molar-refractivity contribution in [2.24, 2.45) is 0 Å². The van der Waals surface area contributed by atoms with Gasteiger partial charge in [-0.05, 0) is 46.9 Å². The van der Waals surface area contributed by atoms with Crippen LogP contribution in [0.1, 0.15) is 35.1 Å². The highest BCUT2D eigenvalue weighted by molar-refractivity contribution is 5.75. The quantitative estimate of drug-likeness (QED) is 0.632.